The van der Waals surface area contributed by atoms with E-state index in [9.17, 15) is 0 Å². The number of hydrogen-bond donors (Lipinski definition) is 0. The number of benzene rings is 1. The van der Waals surface area contributed by atoms with Crippen LogP contribution < -0.4 is 4.90 Å². The van der Waals surface area contributed by atoms with Crippen LogP contribution in [0.4, 0.5) is 5.69 Å². The van der Waals surface area contributed by atoms with Gasteiger partial charge >= 0.3 is 0 Å². The van der Waals surface area contributed by atoms with Crippen molar-refractivity contribution in [1.82, 2.24) is 4.90 Å². The summed E-state index contributed by atoms with van der Waals surface area (Å²) in [7, 11) is 0. The third kappa shape index (κ3) is 5.50. The van der Waals surface area contributed by atoms with Crippen molar-refractivity contribution in [1.29, 1.82) is 0 Å². The summed E-state index contributed by atoms with van der Waals surface area (Å²) in [6.07, 6.45) is 10.3. The molecule has 26 heavy (non-hydrogen) atoms. The highest BCUT2D eigenvalue weighted by Gasteiger charge is 2.24. The largest absolute Gasteiger partial charge is 0.368 e. The number of nitrogens with zero attached hydrogens (tertiary/aromatic N) is 2. The summed E-state index contributed by atoms with van der Waals surface area (Å²) in [4.78, 5) is 5.27. The van der Waals surface area contributed by atoms with Crippen LogP contribution in [0.15, 0.2) is 30.3 Å². The summed E-state index contributed by atoms with van der Waals surface area (Å²) >= 11 is 0. The molecule has 0 unspecified atom stereocenters. The van der Waals surface area contributed by atoms with Gasteiger partial charge in [-0.05, 0) is 49.3 Å². The molecule has 1 fully saturated rings. The van der Waals surface area contributed by atoms with E-state index in [1.54, 1.807) is 5.57 Å². The van der Waals surface area contributed by atoms with Crippen molar-refractivity contribution in [2.75, 3.05) is 37.6 Å². The molecule has 0 saturated carbocycles. The highest BCUT2D eigenvalue weighted by atomic mass is 35.5. The molecule has 2 aliphatic rings. The number of para-hydroxylation sites is 1. The van der Waals surface area contributed by atoms with Crippen LogP contribution in [0.5, 0.6) is 0 Å². The Balaban J connectivity index is 0.00000243. The molecule has 146 valence electrons. The normalized spacial score (nSPS) is 20.4. The molecule has 3 heteroatoms. The Bertz CT molecular complexity index is 586. The Morgan fingerprint density at radius 2 is 1.73 bits per heavy atom. The number of allylic oxidation sites excluding steroid dienone is 2. The van der Waals surface area contributed by atoms with Crippen molar-refractivity contribution in [3.8, 4) is 0 Å². The van der Waals surface area contributed by atoms with E-state index in [0.717, 1.165) is 0 Å². The van der Waals surface area contributed by atoms with Gasteiger partial charge in [0, 0.05) is 37.4 Å². The molecule has 1 aliphatic carbocycles. The van der Waals surface area contributed by atoms with E-state index < -0.39 is 0 Å². The van der Waals surface area contributed by atoms with Gasteiger partial charge < -0.3 is 4.90 Å². The Morgan fingerprint density at radius 3 is 2.38 bits per heavy atom. The second kappa shape index (κ2) is 9.80. The van der Waals surface area contributed by atoms with Gasteiger partial charge in [0.05, 0.1) is 0 Å². The molecule has 1 aliphatic heterocycles. The van der Waals surface area contributed by atoms with Gasteiger partial charge in [0.1, 0.15) is 0 Å². The van der Waals surface area contributed by atoms with Gasteiger partial charge in [-0.1, -0.05) is 57.9 Å². The van der Waals surface area contributed by atoms with E-state index in [2.05, 4.69) is 60.9 Å². The van der Waals surface area contributed by atoms with Crippen molar-refractivity contribution in [3.63, 3.8) is 0 Å². The Hall–Kier alpha value is -0.990. The zero-order valence-corrected chi connectivity index (χ0v) is 17.8. The topological polar surface area (TPSA) is 6.48 Å². The molecule has 2 nitrogen and oxygen atoms in total. The number of rotatable bonds is 6. The Labute approximate surface area is 167 Å². The lowest BCUT2D eigenvalue weighted by Crippen LogP contribution is -2.46. The van der Waals surface area contributed by atoms with Gasteiger partial charge in [-0.15, -0.1) is 12.4 Å². The first kappa shape index (κ1) is 21.3. The number of unbranched alkanes of at least 4 members (excludes halogenated alkanes) is 2. The minimum atomic E-state index is 0. The highest BCUT2D eigenvalue weighted by Crippen LogP contribution is 2.40. The molecule has 0 amide bonds. The molecule has 0 radical (unpaired) electrons. The fourth-order valence-electron chi connectivity index (χ4n) is 4.14. The van der Waals surface area contributed by atoms with Gasteiger partial charge in [0.2, 0.25) is 0 Å². The second-order valence-electron chi connectivity index (χ2n) is 8.65. The van der Waals surface area contributed by atoms with Gasteiger partial charge in [-0.25, -0.2) is 0 Å². The summed E-state index contributed by atoms with van der Waals surface area (Å²) in [6.45, 7) is 13.1. The van der Waals surface area contributed by atoms with E-state index in [4.69, 9.17) is 0 Å². The van der Waals surface area contributed by atoms with Crippen molar-refractivity contribution < 1.29 is 0 Å². The third-order valence-electron chi connectivity index (χ3n) is 6.01. The first-order valence-electron chi connectivity index (χ1n) is 10.3. The predicted molar refractivity (Wildman–Crippen MR) is 117 cm³/mol. The molecule has 1 aromatic carbocycles. The van der Waals surface area contributed by atoms with E-state index in [-0.39, 0.29) is 12.4 Å². The highest BCUT2D eigenvalue weighted by molar-refractivity contribution is 5.85. The number of halogens is 1. The summed E-state index contributed by atoms with van der Waals surface area (Å²) in [6, 6.07) is 9.09. The van der Waals surface area contributed by atoms with E-state index in [1.807, 2.05) is 0 Å². The average molecular weight is 377 g/mol. The molecule has 3 rings (SSSR count). The van der Waals surface area contributed by atoms with Crippen LogP contribution >= 0.6 is 12.4 Å². The van der Waals surface area contributed by atoms with E-state index in [1.165, 1.54) is 82.5 Å². The number of anilines is 1. The molecule has 1 aromatic rings. The molecule has 0 N–H and O–H groups in total. The summed E-state index contributed by atoms with van der Waals surface area (Å²) < 4.78 is 0. The zero-order chi connectivity index (χ0) is 17.7. The standard InChI is InChI=1S/C23H36N2.ClH/c1-4-5-8-15-24-16-18-25(19-17-24)22-10-7-6-9-21(22)20-11-13-23(2,3)14-12-20;/h6-7,9-11H,4-5,8,12-19H2,1-3H3;1H. The van der Waals surface area contributed by atoms with Gasteiger partial charge in [0.15, 0.2) is 0 Å². The lowest BCUT2D eigenvalue weighted by atomic mass is 9.77. The second-order valence-corrected chi connectivity index (χ2v) is 8.65. The first-order valence-corrected chi connectivity index (χ1v) is 10.3. The lowest BCUT2D eigenvalue weighted by molar-refractivity contribution is 0.252. The summed E-state index contributed by atoms with van der Waals surface area (Å²) in [5, 5.41) is 0. The van der Waals surface area contributed by atoms with Gasteiger partial charge in [-0.3, -0.25) is 4.90 Å². The maximum Gasteiger partial charge on any atom is 0.0443 e. The Morgan fingerprint density at radius 1 is 1.00 bits per heavy atom. The molecule has 0 atom stereocenters. The van der Waals surface area contributed by atoms with Crippen LogP contribution in [-0.4, -0.2) is 37.6 Å². The minimum absolute atomic E-state index is 0. The third-order valence-corrected chi connectivity index (χ3v) is 6.01. The number of piperazine rings is 1. The SMILES string of the molecule is CCCCCN1CCN(c2ccccc2C2=CCC(C)(C)CC2)CC1.Cl. The van der Waals surface area contributed by atoms with E-state index >= 15 is 0 Å². The van der Waals surface area contributed by atoms with Crippen LogP contribution in [-0.2, 0) is 0 Å². The molecular weight excluding hydrogens is 340 g/mol. The molecule has 1 saturated heterocycles. The lowest BCUT2D eigenvalue weighted by Gasteiger charge is -2.38. The smallest absolute Gasteiger partial charge is 0.0443 e. The van der Waals surface area contributed by atoms with E-state index in [0.29, 0.717) is 5.41 Å². The molecule has 0 bridgehead atoms. The average Bonchev–Trinajstić information content (AvgIpc) is 2.63. The van der Waals surface area contributed by atoms with Crippen molar-refractivity contribution in [2.24, 2.45) is 5.41 Å². The first-order chi connectivity index (χ1) is 12.1. The number of hydrogen-bond acceptors (Lipinski definition) is 2. The fourth-order valence-corrected chi connectivity index (χ4v) is 4.14. The summed E-state index contributed by atoms with van der Waals surface area (Å²) in [5.74, 6) is 0. The van der Waals surface area contributed by atoms with Gasteiger partial charge in [0.25, 0.3) is 0 Å². The minimum Gasteiger partial charge on any atom is -0.368 e. The zero-order valence-electron chi connectivity index (χ0n) is 17.0. The predicted octanol–water partition coefficient (Wildman–Crippen LogP) is 6.01. The molecule has 0 aromatic heterocycles. The van der Waals surface area contributed by atoms with Crippen LogP contribution in [0.1, 0.15) is 64.9 Å². The molecule has 0 spiro atoms. The maximum absolute atomic E-state index is 2.65. The van der Waals surface area contributed by atoms with Gasteiger partial charge in [-0.2, -0.15) is 0 Å². The molecule has 1 heterocycles. The van der Waals surface area contributed by atoms with Crippen molar-refractivity contribution in [2.45, 2.75) is 59.3 Å². The van der Waals surface area contributed by atoms with Crippen molar-refractivity contribution in [3.05, 3.63) is 35.9 Å². The van der Waals surface area contributed by atoms with Crippen molar-refractivity contribution >= 4 is 23.7 Å². The van der Waals surface area contributed by atoms with Crippen LogP contribution in [0, 0.1) is 5.41 Å². The van der Waals surface area contributed by atoms with Crippen LogP contribution in [0.3, 0.4) is 0 Å². The maximum atomic E-state index is 2.65. The monoisotopic (exact) mass is 376 g/mol. The quantitative estimate of drug-likeness (QED) is 0.560. The summed E-state index contributed by atoms with van der Waals surface area (Å²) in [5.41, 5.74) is 4.99. The Kier molecular flexibility index (Phi) is 8.04. The van der Waals surface area contributed by atoms with Crippen LogP contribution in [0.2, 0.25) is 0 Å². The fraction of sp³-hybridized carbons (Fsp3) is 0.652. The van der Waals surface area contributed by atoms with Crippen LogP contribution in [0.25, 0.3) is 5.57 Å². The molecular formula is C23H37ClN2.